The van der Waals surface area contributed by atoms with Crippen LogP contribution in [-0.4, -0.2) is 21.5 Å². The molecule has 0 unspecified atom stereocenters. The monoisotopic (exact) mass is 314 g/mol. The molecule has 6 heteroatoms. The summed E-state index contributed by atoms with van der Waals surface area (Å²) in [4.78, 5) is 0.150. The lowest BCUT2D eigenvalue weighted by molar-refractivity contribution is 0.412. The van der Waals surface area contributed by atoms with Crippen LogP contribution in [0.2, 0.25) is 0 Å². The zero-order valence-corrected chi connectivity index (χ0v) is 13.4. The van der Waals surface area contributed by atoms with Gasteiger partial charge in [0, 0.05) is 18.2 Å². The number of hydrogen-bond acceptors (Lipinski definition) is 3. The van der Waals surface area contributed by atoms with Crippen molar-refractivity contribution in [2.45, 2.75) is 56.5 Å². The SMILES string of the molecule is CNCc1cc(S(=O)(=O)NC2CCCCC2)cc(C)c1F. The first-order valence-electron chi connectivity index (χ1n) is 7.40. The van der Waals surface area contributed by atoms with Gasteiger partial charge in [0.15, 0.2) is 0 Å². The van der Waals surface area contributed by atoms with Crippen LogP contribution in [0.5, 0.6) is 0 Å². The van der Waals surface area contributed by atoms with Crippen molar-refractivity contribution in [1.29, 1.82) is 0 Å². The van der Waals surface area contributed by atoms with Crippen LogP contribution in [0, 0.1) is 12.7 Å². The fraction of sp³-hybridized carbons (Fsp3) is 0.600. The summed E-state index contributed by atoms with van der Waals surface area (Å²) in [6.07, 6.45) is 5.03. The molecule has 118 valence electrons. The highest BCUT2D eigenvalue weighted by Gasteiger charge is 2.23. The van der Waals surface area contributed by atoms with E-state index in [2.05, 4.69) is 10.0 Å². The number of hydrogen-bond donors (Lipinski definition) is 2. The largest absolute Gasteiger partial charge is 0.316 e. The van der Waals surface area contributed by atoms with Gasteiger partial charge in [-0.2, -0.15) is 0 Å². The number of aryl methyl sites for hydroxylation is 1. The highest BCUT2D eigenvalue weighted by molar-refractivity contribution is 7.89. The van der Waals surface area contributed by atoms with Crippen molar-refractivity contribution < 1.29 is 12.8 Å². The molecule has 1 fully saturated rings. The van der Waals surface area contributed by atoms with E-state index in [-0.39, 0.29) is 16.8 Å². The number of sulfonamides is 1. The summed E-state index contributed by atoms with van der Waals surface area (Å²) in [5, 5.41) is 2.86. The molecule has 21 heavy (non-hydrogen) atoms. The Hall–Kier alpha value is -0.980. The van der Waals surface area contributed by atoms with Crippen LogP contribution in [0.1, 0.15) is 43.2 Å². The van der Waals surface area contributed by atoms with Crippen LogP contribution in [0.4, 0.5) is 4.39 Å². The maximum atomic E-state index is 14.0. The Bertz CT molecular complexity index is 596. The Kier molecular flexibility index (Phi) is 5.35. The number of benzene rings is 1. The normalized spacial score (nSPS) is 17.1. The zero-order valence-electron chi connectivity index (χ0n) is 12.6. The lowest BCUT2D eigenvalue weighted by Gasteiger charge is -2.23. The van der Waals surface area contributed by atoms with Gasteiger partial charge in [0.05, 0.1) is 4.90 Å². The van der Waals surface area contributed by atoms with Gasteiger partial charge < -0.3 is 5.32 Å². The minimum atomic E-state index is -3.58. The van der Waals surface area contributed by atoms with E-state index in [1.165, 1.54) is 18.6 Å². The molecule has 0 amide bonds. The van der Waals surface area contributed by atoms with Gasteiger partial charge in [0.2, 0.25) is 10.0 Å². The highest BCUT2D eigenvalue weighted by Crippen LogP contribution is 2.22. The van der Waals surface area contributed by atoms with Crippen molar-refractivity contribution in [3.05, 3.63) is 29.1 Å². The highest BCUT2D eigenvalue weighted by atomic mass is 32.2. The van der Waals surface area contributed by atoms with Crippen LogP contribution in [-0.2, 0) is 16.6 Å². The fourth-order valence-electron chi connectivity index (χ4n) is 2.79. The third-order valence-electron chi connectivity index (χ3n) is 3.91. The third kappa shape index (κ3) is 4.02. The van der Waals surface area contributed by atoms with Crippen molar-refractivity contribution in [2.75, 3.05) is 7.05 Å². The van der Waals surface area contributed by atoms with Gasteiger partial charge in [-0.05, 0) is 44.5 Å². The smallest absolute Gasteiger partial charge is 0.240 e. The maximum Gasteiger partial charge on any atom is 0.240 e. The minimum absolute atomic E-state index is 0.00172. The number of nitrogens with one attached hydrogen (secondary N) is 2. The van der Waals surface area contributed by atoms with E-state index in [1.807, 2.05) is 0 Å². The topological polar surface area (TPSA) is 58.2 Å². The second kappa shape index (κ2) is 6.85. The molecule has 0 radical (unpaired) electrons. The predicted molar refractivity (Wildman–Crippen MR) is 81.1 cm³/mol. The lowest BCUT2D eigenvalue weighted by Crippen LogP contribution is -2.36. The summed E-state index contributed by atoms with van der Waals surface area (Å²) in [5.74, 6) is -0.346. The molecule has 1 aliphatic carbocycles. The van der Waals surface area contributed by atoms with E-state index in [4.69, 9.17) is 0 Å². The Balaban J connectivity index is 2.26. The molecule has 1 aromatic carbocycles. The molecule has 0 bridgehead atoms. The molecule has 0 heterocycles. The molecular weight excluding hydrogens is 291 g/mol. The second-order valence-electron chi connectivity index (χ2n) is 5.70. The molecule has 0 spiro atoms. The fourth-order valence-corrected chi connectivity index (χ4v) is 4.23. The zero-order chi connectivity index (χ0) is 15.5. The second-order valence-corrected chi connectivity index (χ2v) is 7.41. The van der Waals surface area contributed by atoms with Gasteiger partial charge in [-0.25, -0.2) is 17.5 Å². The van der Waals surface area contributed by atoms with Crippen LogP contribution < -0.4 is 10.0 Å². The Labute approximate surface area is 126 Å². The first kappa shape index (κ1) is 16.4. The average Bonchev–Trinajstić information content (AvgIpc) is 2.44. The Morgan fingerprint density at radius 3 is 2.52 bits per heavy atom. The quantitative estimate of drug-likeness (QED) is 0.878. The molecule has 0 saturated heterocycles. The first-order chi connectivity index (χ1) is 9.94. The van der Waals surface area contributed by atoms with Gasteiger partial charge in [-0.3, -0.25) is 0 Å². The first-order valence-corrected chi connectivity index (χ1v) is 8.88. The summed E-state index contributed by atoms with van der Waals surface area (Å²) >= 11 is 0. The van der Waals surface area contributed by atoms with Crippen LogP contribution in [0.15, 0.2) is 17.0 Å². The summed E-state index contributed by atoms with van der Waals surface area (Å²) < 4.78 is 41.6. The van der Waals surface area contributed by atoms with Crippen LogP contribution in [0.25, 0.3) is 0 Å². The van der Waals surface area contributed by atoms with Gasteiger partial charge in [0.25, 0.3) is 0 Å². The molecule has 4 nitrogen and oxygen atoms in total. The average molecular weight is 314 g/mol. The van der Waals surface area contributed by atoms with E-state index in [0.717, 1.165) is 25.7 Å². The molecule has 0 atom stereocenters. The standard InChI is InChI=1S/C15H23FN2O2S/c1-11-8-14(9-12(10-17-2)15(11)16)21(19,20)18-13-6-4-3-5-7-13/h8-9,13,17-18H,3-7,10H2,1-2H3. The van der Waals surface area contributed by atoms with E-state index < -0.39 is 10.0 Å². The molecule has 2 rings (SSSR count). The minimum Gasteiger partial charge on any atom is -0.316 e. The van der Waals surface area contributed by atoms with Crippen LogP contribution >= 0.6 is 0 Å². The van der Waals surface area contributed by atoms with Crippen molar-refractivity contribution in [3.63, 3.8) is 0 Å². The summed E-state index contributed by atoms with van der Waals surface area (Å²) in [6.45, 7) is 1.90. The van der Waals surface area contributed by atoms with Gasteiger partial charge in [0.1, 0.15) is 5.82 Å². The van der Waals surface area contributed by atoms with Crippen molar-refractivity contribution in [3.8, 4) is 0 Å². The molecule has 1 aromatic rings. The number of rotatable bonds is 5. The number of halogens is 1. The molecule has 1 saturated carbocycles. The summed E-state index contributed by atoms with van der Waals surface area (Å²) in [7, 11) is -1.88. The van der Waals surface area contributed by atoms with Crippen molar-refractivity contribution >= 4 is 10.0 Å². The molecule has 1 aliphatic rings. The van der Waals surface area contributed by atoms with Gasteiger partial charge in [-0.1, -0.05) is 19.3 Å². The summed E-state index contributed by atoms with van der Waals surface area (Å²) in [5.41, 5.74) is 0.730. The molecule has 2 N–H and O–H groups in total. The Morgan fingerprint density at radius 2 is 1.90 bits per heavy atom. The maximum absolute atomic E-state index is 14.0. The Morgan fingerprint density at radius 1 is 1.24 bits per heavy atom. The van der Waals surface area contributed by atoms with E-state index in [1.54, 1.807) is 14.0 Å². The lowest BCUT2D eigenvalue weighted by atomic mass is 9.96. The molecule has 0 aromatic heterocycles. The predicted octanol–water partition coefficient (Wildman–Crippen LogP) is 2.46. The molecule has 0 aliphatic heterocycles. The van der Waals surface area contributed by atoms with Gasteiger partial charge >= 0.3 is 0 Å². The molecular formula is C15H23FN2O2S. The van der Waals surface area contributed by atoms with Crippen molar-refractivity contribution in [1.82, 2.24) is 10.0 Å². The van der Waals surface area contributed by atoms with Crippen molar-refractivity contribution in [2.24, 2.45) is 0 Å². The van der Waals surface area contributed by atoms with E-state index >= 15 is 0 Å². The summed E-state index contributed by atoms with van der Waals surface area (Å²) in [6, 6.07) is 2.82. The van der Waals surface area contributed by atoms with Gasteiger partial charge in [-0.15, -0.1) is 0 Å². The van der Waals surface area contributed by atoms with E-state index in [0.29, 0.717) is 17.7 Å². The van der Waals surface area contributed by atoms with E-state index in [9.17, 15) is 12.8 Å². The van der Waals surface area contributed by atoms with Crippen LogP contribution in [0.3, 0.4) is 0 Å². The third-order valence-corrected chi connectivity index (χ3v) is 5.41.